The van der Waals surface area contributed by atoms with Crippen molar-refractivity contribution in [1.29, 1.82) is 5.26 Å². The van der Waals surface area contributed by atoms with E-state index < -0.39 is 15.8 Å². The molecule has 2 aromatic rings. The Hall–Kier alpha value is -2.42. The van der Waals surface area contributed by atoms with Gasteiger partial charge in [0.2, 0.25) is 10.0 Å². The summed E-state index contributed by atoms with van der Waals surface area (Å²) in [5.41, 5.74) is 6.04. The molecule has 0 spiro atoms. The van der Waals surface area contributed by atoms with E-state index in [2.05, 4.69) is 10.2 Å². The number of pyridine rings is 1. The molecule has 0 aliphatic rings. The van der Waals surface area contributed by atoms with Gasteiger partial charge in [0, 0.05) is 25.0 Å². The van der Waals surface area contributed by atoms with Crippen LogP contribution in [0.15, 0.2) is 39.7 Å². The fourth-order valence-electron chi connectivity index (χ4n) is 2.39. The van der Waals surface area contributed by atoms with Gasteiger partial charge in [-0.1, -0.05) is 25.6 Å². The van der Waals surface area contributed by atoms with Gasteiger partial charge in [0.05, 0.1) is 10.6 Å². The first kappa shape index (κ1) is 20.9. The summed E-state index contributed by atoms with van der Waals surface area (Å²) in [6.45, 7) is 5.74. The second-order valence-electron chi connectivity index (χ2n) is 5.55. The van der Waals surface area contributed by atoms with Gasteiger partial charge in [-0.3, -0.25) is 9.20 Å². The number of ketones is 1. The first-order valence-electron chi connectivity index (χ1n) is 8.13. The van der Waals surface area contributed by atoms with Crippen molar-refractivity contribution in [2.45, 2.75) is 30.8 Å². The lowest BCUT2D eigenvalue weighted by Crippen LogP contribution is -2.30. The molecule has 2 aromatic heterocycles. The number of fused-ring (bicyclic) bond motifs is 1. The molecule has 9 nitrogen and oxygen atoms in total. The van der Waals surface area contributed by atoms with E-state index >= 15 is 0 Å². The number of nitrogens with zero attached hydrogens (tertiary/aromatic N) is 5. The van der Waals surface area contributed by atoms with Crippen LogP contribution in [0.3, 0.4) is 0 Å². The van der Waals surface area contributed by atoms with Gasteiger partial charge >= 0.3 is 0 Å². The van der Waals surface area contributed by atoms with Crippen molar-refractivity contribution in [3.63, 3.8) is 0 Å². The van der Waals surface area contributed by atoms with Crippen LogP contribution in [0.2, 0.25) is 0 Å². The van der Waals surface area contributed by atoms with Gasteiger partial charge in [-0.15, -0.1) is 10.2 Å². The maximum absolute atomic E-state index is 12.7. The number of carbonyl (C=O) groups is 1. The molecule has 0 bridgehead atoms. The lowest BCUT2D eigenvalue weighted by atomic mass is 10.2. The Morgan fingerprint density at radius 1 is 1.33 bits per heavy atom. The second-order valence-corrected chi connectivity index (χ2v) is 8.43. The van der Waals surface area contributed by atoms with E-state index in [1.54, 1.807) is 26.0 Å². The van der Waals surface area contributed by atoms with Crippen LogP contribution in [0.4, 0.5) is 0 Å². The zero-order valence-electron chi connectivity index (χ0n) is 15.2. The highest BCUT2D eigenvalue weighted by Gasteiger charge is 2.23. The number of nitriles is 1. The number of hydrogen-bond donors (Lipinski definition) is 1. The van der Waals surface area contributed by atoms with E-state index in [1.165, 1.54) is 27.9 Å². The molecule has 0 saturated heterocycles. The number of carbonyl (C=O) groups excluding carboxylic acids is 1. The third-order valence-corrected chi connectivity index (χ3v) is 6.78. The van der Waals surface area contributed by atoms with Crippen molar-refractivity contribution in [3.8, 4) is 6.07 Å². The van der Waals surface area contributed by atoms with E-state index in [9.17, 15) is 13.2 Å². The molecule has 11 heteroatoms. The fourth-order valence-corrected chi connectivity index (χ4v) is 4.63. The molecule has 0 aromatic carbocycles. The number of nitrogens with two attached hydrogens (primary N) is 1. The van der Waals surface area contributed by atoms with Crippen LogP contribution >= 0.6 is 11.8 Å². The molecule has 0 saturated carbocycles. The Bertz CT molecular complexity index is 1030. The average molecular weight is 409 g/mol. The predicted molar refractivity (Wildman–Crippen MR) is 101 cm³/mol. The number of allylic oxidation sites excluding steroid dienone is 2. The van der Waals surface area contributed by atoms with Gasteiger partial charge in [-0.25, -0.2) is 8.42 Å². The summed E-state index contributed by atoms with van der Waals surface area (Å²) in [5, 5.41) is 17.3. The van der Waals surface area contributed by atoms with Crippen molar-refractivity contribution in [3.05, 3.63) is 29.6 Å². The van der Waals surface area contributed by atoms with Crippen LogP contribution in [0.25, 0.3) is 5.65 Å². The molecule has 2 heterocycles. The Kier molecular flexibility index (Phi) is 6.59. The summed E-state index contributed by atoms with van der Waals surface area (Å²) in [7, 11) is -3.63. The molecular formula is C16H20N6O3S2. The van der Waals surface area contributed by atoms with Crippen molar-refractivity contribution in [2.24, 2.45) is 5.73 Å². The molecule has 2 rings (SSSR count). The molecule has 0 unspecified atom stereocenters. The molecule has 144 valence electrons. The maximum atomic E-state index is 12.7. The summed E-state index contributed by atoms with van der Waals surface area (Å²) >= 11 is 1.06. The summed E-state index contributed by atoms with van der Waals surface area (Å²) in [6.07, 6.45) is 1.44. The monoisotopic (exact) mass is 408 g/mol. The lowest BCUT2D eigenvalue weighted by Gasteiger charge is -2.18. The quantitative estimate of drug-likeness (QED) is 0.391. The highest BCUT2D eigenvalue weighted by Crippen LogP contribution is 2.22. The first-order chi connectivity index (χ1) is 12.8. The molecular weight excluding hydrogens is 388 g/mol. The Labute approximate surface area is 161 Å². The number of rotatable bonds is 8. The topological polar surface area (TPSA) is 134 Å². The van der Waals surface area contributed by atoms with E-state index in [1.807, 2.05) is 0 Å². The normalized spacial score (nSPS) is 12.9. The van der Waals surface area contributed by atoms with Gasteiger partial charge in [0.25, 0.3) is 0 Å². The highest BCUT2D eigenvalue weighted by atomic mass is 32.2. The molecule has 0 atom stereocenters. The number of sulfonamides is 1. The van der Waals surface area contributed by atoms with E-state index in [0.717, 1.165) is 11.8 Å². The number of thioether (sulfide) groups is 1. The summed E-state index contributed by atoms with van der Waals surface area (Å²) in [5.74, 6) is -0.489. The lowest BCUT2D eigenvalue weighted by molar-refractivity contribution is -0.112. The van der Waals surface area contributed by atoms with Gasteiger partial charge < -0.3 is 5.73 Å². The number of Topliss-reactive ketones (excluding diaryl/α,β-unsaturated/α-hetero) is 1. The van der Waals surface area contributed by atoms with E-state index in [4.69, 9.17) is 11.0 Å². The van der Waals surface area contributed by atoms with Crippen molar-refractivity contribution >= 4 is 33.2 Å². The minimum Gasteiger partial charge on any atom is -0.401 e. The van der Waals surface area contributed by atoms with Crippen molar-refractivity contribution in [2.75, 3.05) is 18.8 Å². The van der Waals surface area contributed by atoms with Gasteiger partial charge in [-0.2, -0.15) is 9.57 Å². The van der Waals surface area contributed by atoms with Crippen LogP contribution in [0.1, 0.15) is 20.8 Å². The molecule has 0 fully saturated rings. The van der Waals surface area contributed by atoms with E-state index in [-0.39, 0.29) is 21.9 Å². The average Bonchev–Trinajstić information content (AvgIpc) is 3.03. The van der Waals surface area contributed by atoms with Gasteiger partial charge in [0.15, 0.2) is 16.6 Å². The molecule has 0 radical (unpaired) electrons. The first-order valence-corrected chi connectivity index (χ1v) is 10.6. The second kappa shape index (κ2) is 8.51. The predicted octanol–water partition coefficient (Wildman–Crippen LogP) is 1.18. The van der Waals surface area contributed by atoms with Gasteiger partial charge in [0.1, 0.15) is 11.6 Å². The maximum Gasteiger partial charge on any atom is 0.244 e. The molecule has 0 aliphatic carbocycles. The zero-order chi connectivity index (χ0) is 20.2. The standard InChI is InChI=1S/C16H20N6O3S2/c1-4-21(5-2)27(24,25)12-6-7-15-19-20-16(22(15)9-12)26-10-14(23)13(8-17)11(3)18/h6-7,9H,4-5,10,18H2,1-3H3. The molecule has 0 aliphatic heterocycles. The summed E-state index contributed by atoms with van der Waals surface area (Å²) in [4.78, 5) is 12.2. The van der Waals surface area contributed by atoms with Crippen molar-refractivity contribution in [1.82, 2.24) is 18.9 Å². The number of aromatic nitrogens is 3. The van der Waals surface area contributed by atoms with Crippen LogP contribution in [-0.4, -0.2) is 51.9 Å². The minimum atomic E-state index is -3.63. The Morgan fingerprint density at radius 3 is 2.56 bits per heavy atom. The zero-order valence-corrected chi connectivity index (χ0v) is 16.8. The third-order valence-electron chi connectivity index (χ3n) is 3.80. The van der Waals surface area contributed by atoms with E-state index in [0.29, 0.717) is 23.9 Å². The van der Waals surface area contributed by atoms with Crippen LogP contribution in [0, 0.1) is 11.3 Å². The number of hydrogen-bond acceptors (Lipinski definition) is 8. The van der Waals surface area contributed by atoms with Crippen molar-refractivity contribution < 1.29 is 13.2 Å². The molecule has 27 heavy (non-hydrogen) atoms. The third kappa shape index (κ3) is 4.29. The van der Waals surface area contributed by atoms with Crippen LogP contribution in [-0.2, 0) is 14.8 Å². The Morgan fingerprint density at radius 2 is 2.00 bits per heavy atom. The van der Waals surface area contributed by atoms with Gasteiger partial charge in [-0.05, 0) is 19.1 Å². The van der Waals surface area contributed by atoms with Crippen LogP contribution < -0.4 is 5.73 Å². The largest absolute Gasteiger partial charge is 0.401 e. The fraction of sp³-hybridized carbons (Fsp3) is 0.375. The smallest absolute Gasteiger partial charge is 0.244 e. The highest BCUT2D eigenvalue weighted by molar-refractivity contribution is 7.99. The summed E-state index contributed by atoms with van der Waals surface area (Å²) in [6, 6.07) is 4.82. The SMILES string of the molecule is CCN(CC)S(=O)(=O)c1ccc2nnc(SCC(=O)C(C#N)=C(C)N)n2c1. The molecule has 0 amide bonds. The minimum absolute atomic E-state index is 0.0642. The van der Waals surface area contributed by atoms with Crippen LogP contribution in [0.5, 0.6) is 0 Å². The molecule has 2 N–H and O–H groups in total. The Balaban J connectivity index is 2.35. The summed E-state index contributed by atoms with van der Waals surface area (Å²) < 4.78 is 28.3.